The lowest BCUT2D eigenvalue weighted by molar-refractivity contribution is -0.0501. The van der Waals surface area contributed by atoms with Crippen LogP contribution in [0.1, 0.15) is 11.0 Å². The maximum atomic E-state index is 12.5. The molecule has 0 aromatic carbocycles. The number of pyridine rings is 1. The summed E-state index contributed by atoms with van der Waals surface area (Å²) in [4.78, 5) is 0.123. The predicted molar refractivity (Wildman–Crippen MR) is 73.8 cm³/mol. The van der Waals surface area contributed by atoms with Gasteiger partial charge in [0.25, 0.3) is 5.88 Å². The highest BCUT2D eigenvalue weighted by Gasteiger charge is 2.49. The van der Waals surface area contributed by atoms with Crippen molar-refractivity contribution in [3.8, 4) is 5.88 Å². The fourth-order valence-electron chi connectivity index (χ4n) is 1.60. The highest BCUT2D eigenvalue weighted by atomic mass is 32.2. The van der Waals surface area contributed by atoms with Crippen LogP contribution in [0.4, 0.5) is 18.9 Å². The Bertz CT molecular complexity index is 1110. The Hall–Kier alpha value is -2.01. The normalized spacial score (nSPS) is 30.7. The zero-order valence-corrected chi connectivity index (χ0v) is 11.6. The zero-order valence-electron chi connectivity index (χ0n) is 18.8. The molecular weight excluding hydrogens is 339 g/mol. The van der Waals surface area contributed by atoms with Crippen molar-refractivity contribution in [1.29, 1.82) is 0 Å². The van der Waals surface area contributed by atoms with E-state index in [1.165, 1.54) is 0 Å². The Morgan fingerprint density at radius 2 is 2.00 bits per heavy atom. The molecule has 1 aliphatic heterocycles. The van der Waals surface area contributed by atoms with E-state index in [0.29, 0.717) is 0 Å². The van der Waals surface area contributed by atoms with Crippen molar-refractivity contribution in [1.82, 2.24) is 9.61 Å². The molecule has 7 nitrogen and oxygen atoms in total. The van der Waals surface area contributed by atoms with Gasteiger partial charge in [-0.3, -0.25) is 0 Å². The standard InChI is InChI=1S/C12H12F3N3O4S/c13-12(14,15)23(19,20)22-11-7-9-1-2-10(8-18(9)16-11)17-3-5-21-6-4-17/h1-2,7-8H,3-6H2/i3D2,4D2,5D2,6D2. The third-order valence-corrected chi connectivity index (χ3v) is 3.53. The van der Waals surface area contributed by atoms with Crippen LogP contribution in [0.3, 0.4) is 0 Å². The van der Waals surface area contributed by atoms with Gasteiger partial charge >= 0.3 is 15.6 Å². The van der Waals surface area contributed by atoms with Crippen LogP contribution in [-0.4, -0.2) is 49.7 Å². The molecule has 0 saturated carbocycles. The third kappa shape index (κ3) is 3.20. The van der Waals surface area contributed by atoms with E-state index in [-0.39, 0.29) is 10.4 Å². The second kappa shape index (κ2) is 5.57. The van der Waals surface area contributed by atoms with E-state index in [1.54, 1.807) is 0 Å². The van der Waals surface area contributed by atoms with Crippen molar-refractivity contribution in [2.75, 3.05) is 31.0 Å². The molecule has 1 fully saturated rings. The average Bonchev–Trinajstić information content (AvgIpc) is 2.91. The molecule has 0 bridgehead atoms. The lowest BCUT2D eigenvalue weighted by Crippen LogP contribution is -2.36. The summed E-state index contributed by atoms with van der Waals surface area (Å²) in [7, 11) is -6.02. The van der Waals surface area contributed by atoms with Gasteiger partial charge in [0.05, 0.1) is 41.5 Å². The van der Waals surface area contributed by atoms with Crippen LogP contribution in [0.5, 0.6) is 5.88 Å². The number of fused-ring (bicyclic) bond motifs is 1. The van der Waals surface area contributed by atoms with Gasteiger partial charge in [-0.25, -0.2) is 4.52 Å². The molecule has 0 spiro atoms. The lowest BCUT2D eigenvalue weighted by Gasteiger charge is -2.28. The molecule has 23 heavy (non-hydrogen) atoms. The molecule has 1 saturated heterocycles. The number of aromatic nitrogens is 2. The number of morpholine rings is 1. The van der Waals surface area contributed by atoms with Crippen LogP contribution in [0.15, 0.2) is 24.4 Å². The van der Waals surface area contributed by atoms with E-state index in [2.05, 4.69) is 14.0 Å². The Morgan fingerprint density at radius 3 is 2.65 bits per heavy atom. The first kappa shape index (κ1) is 8.73. The van der Waals surface area contributed by atoms with E-state index >= 15 is 0 Å². The summed E-state index contributed by atoms with van der Waals surface area (Å²) in [6.45, 7) is -13.2. The molecule has 1 aliphatic rings. The van der Waals surface area contributed by atoms with Crippen LogP contribution in [0.25, 0.3) is 5.52 Å². The van der Waals surface area contributed by atoms with Crippen molar-refractivity contribution in [2.45, 2.75) is 5.51 Å². The third-order valence-electron chi connectivity index (χ3n) is 2.58. The number of anilines is 1. The molecule has 2 aromatic heterocycles. The Balaban J connectivity index is 2.10. The Kier molecular flexibility index (Phi) is 2.11. The van der Waals surface area contributed by atoms with Gasteiger partial charge in [-0.1, -0.05) is 0 Å². The molecule has 3 rings (SSSR count). The summed E-state index contributed by atoms with van der Waals surface area (Å²) in [5.41, 5.74) is -6.24. The van der Waals surface area contributed by atoms with E-state index in [1.807, 2.05) is 0 Å². The van der Waals surface area contributed by atoms with Crippen LogP contribution in [-0.2, 0) is 14.9 Å². The smallest absolute Gasteiger partial charge is 0.378 e. The van der Waals surface area contributed by atoms with Gasteiger partial charge in [0.2, 0.25) is 0 Å². The minimum Gasteiger partial charge on any atom is -0.378 e. The monoisotopic (exact) mass is 359 g/mol. The summed E-state index contributed by atoms with van der Waals surface area (Å²) in [6.07, 6.45) is 0.829. The maximum Gasteiger partial charge on any atom is 0.534 e. The predicted octanol–water partition coefficient (Wildman–Crippen LogP) is 1.40. The van der Waals surface area contributed by atoms with Crippen LogP contribution in [0.2, 0.25) is 0 Å². The van der Waals surface area contributed by atoms with Crippen molar-refractivity contribution in [3.63, 3.8) is 0 Å². The summed E-state index contributed by atoms with van der Waals surface area (Å²) < 4.78 is 131. The van der Waals surface area contributed by atoms with E-state index in [4.69, 9.17) is 11.0 Å². The highest BCUT2D eigenvalue weighted by Crippen LogP contribution is 2.27. The number of rotatable bonds is 3. The highest BCUT2D eigenvalue weighted by molar-refractivity contribution is 7.87. The Labute approximate surface area is 140 Å². The van der Waals surface area contributed by atoms with Gasteiger partial charge in [-0.15, -0.1) is 5.10 Å². The molecule has 126 valence electrons. The van der Waals surface area contributed by atoms with E-state index in [0.717, 1.165) is 28.9 Å². The molecule has 0 atom stereocenters. The topological polar surface area (TPSA) is 73.1 Å². The molecule has 3 heterocycles. The molecule has 0 radical (unpaired) electrons. The lowest BCUT2D eigenvalue weighted by atomic mass is 10.3. The number of nitrogens with zero attached hydrogens (tertiary/aromatic N) is 3. The fraction of sp³-hybridized carbons (Fsp3) is 0.417. The summed E-state index contributed by atoms with van der Waals surface area (Å²) in [5.74, 6) is -0.992. The summed E-state index contributed by atoms with van der Waals surface area (Å²) >= 11 is 0. The van der Waals surface area contributed by atoms with Crippen molar-refractivity contribution in [3.05, 3.63) is 24.4 Å². The maximum absolute atomic E-state index is 12.5. The van der Waals surface area contributed by atoms with Crippen molar-refractivity contribution < 1.29 is 41.5 Å². The molecule has 11 heteroatoms. The van der Waals surface area contributed by atoms with Gasteiger partial charge < -0.3 is 13.8 Å². The number of halogens is 3. The zero-order chi connectivity index (χ0) is 23.8. The van der Waals surface area contributed by atoms with Crippen LogP contribution in [0, 0.1) is 0 Å². The molecule has 0 N–H and O–H groups in total. The van der Waals surface area contributed by atoms with Gasteiger partial charge in [-0.05, 0) is 12.1 Å². The van der Waals surface area contributed by atoms with E-state index in [9.17, 15) is 21.6 Å². The average molecular weight is 359 g/mol. The largest absolute Gasteiger partial charge is 0.534 e. The number of hydrogen-bond donors (Lipinski definition) is 0. The second-order valence-corrected chi connectivity index (χ2v) is 5.63. The van der Waals surface area contributed by atoms with Gasteiger partial charge in [-0.2, -0.15) is 21.6 Å². The number of ether oxygens (including phenoxy) is 1. The first-order valence-electron chi connectivity index (χ1n) is 9.74. The second-order valence-electron chi connectivity index (χ2n) is 4.09. The molecule has 0 aliphatic carbocycles. The Morgan fingerprint density at radius 1 is 1.30 bits per heavy atom. The molecule has 0 unspecified atom stereocenters. The molecular formula is C12H12F3N3O4S. The van der Waals surface area contributed by atoms with Crippen LogP contribution >= 0.6 is 0 Å². The summed E-state index contributed by atoms with van der Waals surface area (Å²) in [5, 5.41) is 3.46. The molecule has 2 aromatic rings. The quantitative estimate of drug-likeness (QED) is 0.609. The first-order chi connectivity index (χ1) is 13.7. The number of hydrogen-bond acceptors (Lipinski definition) is 6. The molecule has 0 amide bonds. The minimum atomic E-state index is -6.02. The minimum absolute atomic E-state index is 0.0449. The van der Waals surface area contributed by atoms with Crippen LogP contribution < -0.4 is 9.08 Å². The van der Waals surface area contributed by atoms with Crippen molar-refractivity contribution >= 4 is 21.3 Å². The fourth-order valence-corrected chi connectivity index (χ4v) is 2.01. The number of alkyl halides is 3. The summed E-state index contributed by atoms with van der Waals surface area (Å²) in [6, 6.07) is 2.88. The van der Waals surface area contributed by atoms with E-state index < -0.39 is 53.3 Å². The van der Waals surface area contributed by atoms with Gasteiger partial charge in [0.1, 0.15) is 0 Å². The van der Waals surface area contributed by atoms with Gasteiger partial charge in [0.15, 0.2) is 0 Å². The SMILES string of the molecule is [2H]C1([2H])OC([2H])([2H])C([2H])([2H])N(c2ccc3cc(OS(=O)(=O)C(F)(F)F)nn3c2)C1([2H])[2H]. The van der Waals surface area contributed by atoms with Gasteiger partial charge in [0, 0.05) is 19.1 Å². The first-order valence-corrected chi connectivity index (χ1v) is 7.14. The van der Waals surface area contributed by atoms with Crippen molar-refractivity contribution in [2.24, 2.45) is 0 Å².